The molecule has 0 radical (unpaired) electrons. The number of carbonyl (C=O) groups is 1. The molecule has 0 N–H and O–H groups in total. The van der Waals surface area contributed by atoms with Gasteiger partial charge in [0, 0.05) is 9.13 Å². The lowest BCUT2D eigenvalue weighted by Gasteiger charge is -2.09. The average molecular weight is 366 g/mol. The third-order valence-electron chi connectivity index (χ3n) is 2.87. The molecule has 0 aliphatic heterocycles. The van der Waals surface area contributed by atoms with Gasteiger partial charge >= 0.3 is 0 Å². The minimum atomic E-state index is 0.0849. The van der Waals surface area contributed by atoms with Crippen molar-refractivity contribution in [2.24, 2.45) is 0 Å². The quantitative estimate of drug-likeness (QED) is 0.593. The van der Waals surface area contributed by atoms with Gasteiger partial charge in [-0.25, -0.2) is 0 Å². The highest BCUT2D eigenvalue weighted by atomic mass is 127. The highest BCUT2D eigenvalue weighted by Crippen LogP contribution is 2.19. The van der Waals surface area contributed by atoms with Crippen LogP contribution >= 0.6 is 22.6 Å². The molecule has 0 saturated carbocycles. The second-order valence-corrected chi connectivity index (χ2v) is 5.70. The van der Waals surface area contributed by atoms with Gasteiger partial charge in [0.25, 0.3) is 0 Å². The topological polar surface area (TPSA) is 26.3 Å². The number of benzene rings is 2. The van der Waals surface area contributed by atoms with Crippen LogP contribution in [0.4, 0.5) is 0 Å². The second-order valence-electron chi connectivity index (χ2n) is 4.45. The Morgan fingerprint density at radius 1 is 1.21 bits per heavy atom. The van der Waals surface area contributed by atoms with E-state index < -0.39 is 0 Å². The molecule has 0 aromatic heterocycles. The lowest BCUT2D eigenvalue weighted by Crippen LogP contribution is -1.99. The van der Waals surface area contributed by atoms with Gasteiger partial charge in [0.2, 0.25) is 0 Å². The first-order chi connectivity index (χ1) is 9.06. The summed E-state index contributed by atoms with van der Waals surface area (Å²) in [5.41, 5.74) is 2.84. The summed E-state index contributed by atoms with van der Waals surface area (Å²) in [6.07, 6.45) is 0. The summed E-state index contributed by atoms with van der Waals surface area (Å²) in [5, 5.41) is 0. The van der Waals surface area contributed by atoms with Crippen molar-refractivity contribution in [3.63, 3.8) is 0 Å². The minimum absolute atomic E-state index is 0.0849. The fourth-order valence-corrected chi connectivity index (χ4v) is 2.52. The molecule has 98 valence electrons. The Bertz CT molecular complexity index is 605. The van der Waals surface area contributed by atoms with Crippen molar-refractivity contribution in [3.05, 3.63) is 62.7 Å². The Kier molecular flexibility index (Phi) is 4.58. The summed E-state index contributed by atoms with van der Waals surface area (Å²) in [7, 11) is 0. The van der Waals surface area contributed by atoms with Gasteiger partial charge < -0.3 is 4.74 Å². The normalized spacial score (nSPS) is 10.3. The van der Waals surface area contributed by atoms with Gasteiger partial charge in [-0.3, -0.25) is 4.79 Å². The predicted octanol–water partition coefficient (Wildman–Crippen LogP) is 4.38. The first-order valence-electron chi connectivity index (χ1n) is 6.05. The van der Waals surface area contributed by atoms with Crippen molar-refractivity contribution in [3.8, 4) is 5.75 Å². The van der Waals surface area contributed by atoms with Gasteiger partial charge in [0.05, 0.1) is 0 Å². The molecule has 2 nitrogen and oxygen atoms in total. The van der Waals surface area contributed by atoms with Crippen LogP contribution in [0.15, 0.2) is 42.5 Å². The van der Waals surface area contributed by atoms with E-state index in [0.29, 0.717) is 6.61 Å². The van der Waals surface area contributed by atoms with E-state index in [9.17, 15) is 4.79 Å². The van der Waals surface area contributed by atoms with Gasteiger partial charge in [-0.1, -0.05) is 12.1 Å². The van der Waals surface area contributed by atoms with Crippen LogP contribution in [0, 0.1) is 10.5 Å². The van der Waals surface area contributed by atoms with Crippen LogP contribution in [0.5, 0.6) is 5.75 Å². The van der Waals surface area contributed by atoms with Crippen molar-refractivity contribution in [1.29, 1.82) is 0 Å². The van der Waals surface area contributed by atoms with Crippen LogP contribution in [0.3, 0.4) is 0 Å². The Morgan fingerprint density at radius 2 is 2.00 bits per heavy atom. The van der Waals surface area contributed by atoms with Crippen molar-refractivity contribution < 1.29 is 9.53 Å². The second kappa shape index (κ2) is 6.19. The number of ether oxygens (including phenoxy) is 1. The third kappa shape index (κ3) is 3.80. The van der Waals surface area contributed by atoms with Crippen molar-refractivity contribution >= 4 is 28.4 Å². The molecule has 2 aromatic rings. The first-order valence-corrected chi connectivity index (χ1v) is 7.13. The van der Waals surface area contributed by atoms with Crippen molar-refractivity contribution in [2.45, 2.75) is 20.5 Å². The number of carbonyl (C=O) groups excluding carboxylic acids is 1. The van der Waals surface area contributed by atoms with E-state index in [2.05, 4.69) is 34.7 Å². The summed E-state index contributed by atoms with van der Waals surface area (Å²) in [4.78, 5) is 11.4. The Morgan fingerprint density at radius 3 is 2.63 bits per heavy atom. The predicted molar refractivity (Wildman–Crippen MR) is 84.7 cm³/mol. The molecule has 0 unspecified atom stereocenters. The van der Waals surface area contributed by atoms with E-state index in [1.54, 1.807) is 6.92 Å². The summed E-state index contributed by atoms with van der Waals surface area (Å²) in [5.74, 6) is 0.878. The maximum atomic E-state index is 11.4. The van der Waals surface area contributed by atoms with E-state index in [1.165, 1.54) is 3.57 Å². The number of halogens is 1. The zero-order chi connectivity index (χ0) is 13.8. The van der Waals surface area contributed by atoms with Crippen LogP contribution < -0.4 is 4.74 Å². The molecule has 0 heterocycles. The molecule has 0 aliphatic carbocycles. The fourth-order valence-electron chi connectivity index (χ4n) is 1.91. The molecule has 0 spiro atoms. The summed E-state index contributed by atoms with van der Waals surface area (Å²) in [6, 6.07) is 13.8. The molecule has 19 heavy (non-hydrogen) atoms. The van der Waals surface area contributed by atoms with E-state index in [4.69, 9.17) is 4.74 Å². The van der Waals surface area contributed by atoms with Gasteiger partial charge in [-0.05, 0) is 77.9 Å². The van der Waals surface area contributed by atoms with Crippen LogP contribution in [0.2, 0.25) is 0 Å². The van der Waals surface area contributed by atoms with Crippen LogP contribution in [0.25, 0.3) is 0 Å². The molecule has 0 aliphatic rings. The molecule has 0 atom stereocenters. The SMILES string of the molecule is CC(=O)c1ccc(OCc2cccc(I)c2)cc1C. The van der Waals surface area contributed by atoms with Crippen molar-refractivity contribution in [2.75, 3.05) is 0 Å². The molecule has 0 saturated heterocycles. The molecule has 0 fully saturated rings. The monoisotopic (exact) mass is 366 g/mol. The smallest absolute Gasteiger partial charge is 0.160 e. The van der Waals surface area contributed by atoms with E-state index in [-0.39, 0.29) is 5.78 Å². The number of hydrogen-bond donors (Lipinski definition) is 0. The van der Waals surface area contributed by atoms with Crippen LogP contribution in [0.1, 0.15) is 28.4 Å². The van der Waals surface area contributed by atoms with E-state index in [0.717, 1.165) is 22.4 Å². The zero-order valence-corrected chi connectivity index (χ0v) is 13.1. The maximum absolute atomic E-state index is 11.4. The standard InChI is InChI=1S/C16H15IO2/c1-11-8-15(6-7-16(11)12(2)18)19-10-13-4-3-5-14(17)9-13/h3-9H,10H2,1-2H3. The van der Waals surface area contributed by atoms with Crippen LogP contribution in [-0.4, -0.2) is 5.78 Å². The Labute approximate surface area is 126 Å². The lowest BCUT2D eigenvalue weighted by molar-refractivity contribution is 0.101. The summed E-state index contributed by atoms with van der Waals surface area (Å²) < 4.78 is 6.94. The zero-order valence-electron chi connectivity index (χ0n) is 10.9. The number of rotatable bonds is 4. The number of Topliss-reactive ketones (excluding diaryl/α,β-unsaturated/α-hetero) is 1. The molecule has 2 rings (SSSR count). The number of hydrogen-bond acceptors (Lipinski definition) is 2. The van der Waals surface area contributed by atoms with Gasteiger partial charge in [-0.2, -0.15) is 0 Å². The molecular weight excluding hydrogens is 351 g/mol. The first kappa shape index (κ1) is 14.1. The van der Waals surface area contributed by atoms with E-state index >= 15 is 0 Å². The average Bonchev–Trinajstić information content (AvgIpc) is 2.36. The van der Waals surface area contributed by atoms with Gasteiger partial charge in [0.15, 0.2) is 5.78 Å². The van der Waals surface area contributed by atoms with Gasteiger partial charge in [-0.15, -0.1) is 0 Å². The molecule has 0 bridgehead atoms. The number of aryl methyl sites for hydroxylation is 1. The highest BCUT2D eigenvalue weighted by Gasteiger charge is 2.05. The minimum Gasteiger partial charge on any atom is -0.489 e. The highest BCUT2D eigenvalue weighted by molar-refractivity contribution is 14.1. The Hall–Kier alpha value is -1.36. The van der Waals surface area contributed by atoms with Crippen molar-refractivity contribution in [1.82, 2.24) is 0 Å². The molecule has 0 amide bonds. The van der Waals surface area contributed by atoms with E-state index in [1.807, 2.05) is 37.3 Å². The number of ketones is 1. The third-order valence-corrected chi connectivity index (χ3v) is 3.54. The maximum Gasteiger partial charge on any atom is 0.160 e. The fraction of sp³-hybridized carbons (Fsp3) is 0.188. The molecule has 3 heteroatoms. The lowest BCUT2D eigenvalue weighted by atomic mass is 10.1. The summed E-state index contributed by atoms with van der Waals surface area (Å²) >= 11 is 2.28. The Balaban J connectivity index is 2.08. The van der Waals surface area contributed by atoms with Crippen LogP contribution in [-0.2, 0) is 6.61 Å². The molecular formula is C16H15IO2. The molecule has 2 aromatic carbocycles. The largest absolute Gasteiger partial charge is 0.489 e. The summed E-state index contributed by atoms with van der Waals surface area (Å²) in [6.45, 7) is 4.04. The van der Waals surface area contributed by atoms with Gasteiger partial charge in [0.1, 0.15) is 12.4 Å².